The van der Waals surface area contributed by atoms with Gasteiger partial charge in [0.25, 0.3) is 5.91 Å². The van der Waals surface area contributed by atoms with E-state index in [0.717, 1.165) is 13.1 Å². The predicted octanol–water partition coefficient (Wildman–Crippen LogP) is 2.65. The smallest absolute Gasteiger partial charge is 0.274 e. The number of aromatic nitrogens is 1. The van der Waals surface area contributed by atoms with Crippen molar-refractivity contribution in [1.29, 1.82) is 0 Å². The molecule has 27 heavy (non-hydrogen) atoms. The number of pyridine rings is 1. The fourth-order valence-corrected chi connectivity index (χ4v) is 4.32. The average Bonchev–Trinajstić information content (AvgIpc) is 2.63. The lowest BCUT2D eigenvalue weighted by molar-refractivity contribution is -0.135. The Bertz CT molecular complexity index is 697. The molecule has 0 spiro atoms. The summed E-state index contributed by atoms with van der Waals surface area (Å²) in [4.78, 5) is 35.2. The summed E-state index contributed by atoms with van der Waals surface area (Å²) >= 11 is 12.0. The van der Waals surface area contributed by atoms with Crippen molar-refractivity contribution in [2.45, 2.75) is 20.3 Å². The number of amides is 2. The fraction of sp³-hybridized carbons (Fsp3) is 0.632. The second-order valence-corrected chi connectivity index (χ2v) is 8.57. The molecule has 3 heterocycles. The zero-order chi connectivity index (χ0) is 19.6. The van der Waals surface area contributed by atoms with Gasteiger partial charge in [-0.05, 0) is 30.4 Å². The summed E-state index contributed by atoms with van der Waals surface area (Å²) in [5.41, 5.74) is 0.185. The van der Waals surface area contributed by atoms with Crippen molar-refractivity contribution in [3.63, 3.8) is 0 Å². The van der Waals surface area contributed by atoms with Gasteiger partial charge in [-0.2, -0.15) is 0 Å². The van der Waals surface area contributed by atoms with Gasteiger partial charge in [-0.1, -0.05) is 37.0 Å². The molecule has 6 nitrogen and oxygen atoms in total. The summed E-state index contributed by atoms with van der Waals surface area (Å²) in [6, 6.07) is 3.15. The van der Waals surface area contributed by atoms with Crippen molar-refractivity contribution >= 4 is 35.0 Å². The normalized spacial score (nSPS) is 24.1. The van der Waals surface area contributed by atoms with Crippen LogP contribution < -0.4 is 0 Å². The number of rotatable bonds is 3. The Morgan fingerprint density at radius 3 is 2.30 bits per heavy atom. The van der Waals surface area contributed by atoms with Crippen molar-refractivity contribution < 1.29 is 9.59 Å². The van der Waals surface area contributed by atoms with Crippen LogP contribution in [0, 0.1) is 11.8 Å². The number of piperazine rings is 1. The predicted molar refractivity (Wildman–Crippen MR) is 106 cm³/mol. The molecule has 2 atom stereocenters. The third-order valence-electron chi connectivity index (χ3n) is 5.25. The standard InChI is InChI=1S/C19H26Cl2N4O2/c1-13-9-14(2)11-25(10-13)17(26)12-23-5-7-24(8-6-23)19(27)18-15(20)3-4-16(21)22-18/h3-4,13-14H,5-12H2,1-2H3. The summed E-state index contributed by atoms with van der Waals surface area (Å²) in [5, 5.41) is 0.548. The quantitative estimate of drug-likeness (QED) is 0.715. The molecule has 3 rings (SSSR count). The van der Waals surface area contributed by atoms with Gasteiger partial charge in [-0.25, -0.2) is 4.98 Å². The molecule has 0 radical (unpaired) electrons. The monoisotopic (exact) mass is 412 g/mol. The third kappa shape index (κ3) is 5.12. The number of carbonyl (C=O) groups is 2. The molecule has 0 aliphatic carbocycles. The Hall–Kier alpha value is -1.37. The largest absolute Gasteiger partial charge is 0.341 e. The van der Waals surface area contributed by atoms with Crippen LogP contribution in [0.5, 0.6) is 0 Å². The molecule has 0 N–H and O–H groups in total. The number of nitrogens with zero attached hydrogens (tertiary/aromatic N) is 4. The van der Waals surface area contributed by atoms with Crippen LogP contribution in [0.15, 0.2) is 12.1 Å². The molecule has 2 saturated heterocycles. The molecule has 2 amide bonds. The minimum Gasteiger partial charge on any atom is -0.341 e. The highest BCUT2D eigenvalue weighted by Crippen LogP contribution is 2.22. The molecule has 2 aliphatic heterocycles. The maximum absolute atomic E-state index is 12.6. The number of hydrogen-bond donors (Lipinski definition) is 0. The Morgan fingerprint density at radius 2 is 1.67 bits per heavy atom. The van der Waals surface area contributed by atoms with E-state index in [1.807, 2.05) is 4.90 Å². The molecule has 1 aromatic rings. The van der Waals surface area contributed by atoms with Crippen LogP contribution in [-0.2, 0) is 4.79 Å². The second kappa shape index (κ2) is 8.76. The van der Waals surface area contributed by atoms with E-state index < -0.39 is 0 Å². The number of halogens is 2. The van der Waals surface area contributed by atoms with Gasteiger partial charge in [0.15, 0.2) is 0 Å². The fourth-order valence-electron chi connectivity index (χ4n) is 3.99. The first-order valence-electron chi connectivity index (χ1n) is 9.45. The summed E-state index contributed by atoms with van der Waals surface area (Å²) in [7, 11) is 0. The number of hydrogen-bond acceptors (Lipinski definition) is 4. The SMILES string of the molecule is CC1CC(C)CN(C(=O)CN2CCN(C(=O)c3nc(Cl)ccc3Cl)CC2)C1. The van der Waals surface area contributed by atoms with Crippen LogP contribution in [0.4, 0.5) is 0 Å². The summed E-state index contributed by atoms with van der Waals surface area (Å²) in [6.07, 6.45) is 1.19. The molecule has 2 fully saturated rings. The maximum atomic E-state index is 12.6. The molecular weight excluding hydrogens is 387 g/mol. The highest BCUT2D eigenvalue weighted by Gasteiger charge is 2.29. The Morgan fingerprint density at radius 1 is 1.04 bits per heavy atom. The first-order valence-corrected chi connectivity index (χ1v) is 10.2. The van der Waals surface area contributed by atoms with E-state index in [2.05, 4.69) is 23.7 Å². The first kappa shape index (κ1) is 20.4. The van der Waals surface area contributed by atoms with Gasteiger partial charge in [-0.3, -0.25) is 14.5 Å². The van der Waals surface area contributed by atoms with Crippen molar-refractivity contribution in [3.05, 3.63) is 28.0 Å². The lowest BCUT2D eigenvalue weighted by Gasteiger charge is -2.38. The highest BCUT2D eigenvalue weighted by atomic mass is 35.5. The van der Waals surface area contributed by atoms with Gasteiger partial charge < -0.3 is 9.80 Å². The Balaban J connectivity index is 1.52. The van der Waals surface area contributed by atoms with Crippen LogP contribution >= 0.6 is 23.2 Å². The van der Waals surface area contributed by atoms with Gasteiger partial charge in [-0.15, -0.1) is 0 Å². The number of carbonyl (C=O) groups excluding carboxylic acids is 2. The zero-order valence-electron chi connectivity index (χ0n) is 15.8. The van der Waals surface area contributed by atoms with Gasteiger partial charge >= 0.3 is 0 Å². The van der Waals surface area contributed by atoms with E-state index >= 15 is 0 Å². The molecular formula is C19H26Cl2N4O2. The van der Waals surface area contributed by atoms with Crippen molar-refractivity contribution in [1.82, 2.24) is 19.7 Å². The highest BCUT2D eigenvalue weighted by molar-refractivity contribution is 6.34. The van der Waals surface area contributed by atoms with E-state index in [4.69, 9.17) is 23.2 Å². The molecule has 0 aromatic carbocycles. The molecule has 8 heteroatoms. The first-order chi connectivity index (χ1) is 12.8. The van der Waals surface area contributed by atoms with Crippen LogP contribution in [-0.4, -0.2) is 77.3 Å². The van der Waals surface area contributed by atoms with Crippen molar-refractivity contribution in [2.24, 2.45) is 11.8 Å². The van der Waals surface area contributed by atoms with E-state index in [-0.39, 0.29) is 22.7 Å². The van der Waals surface area contributed by atoms with E-state index in [1.54, 1.807) is 17.0 Å². The lowest BCUT2D eigenvalue weighted by Crippen LogP contribution is -2.53. The molecule has 1 aromatic heterocycles. The average molecular weight is 413 g/mol. The molecule has 0 saturated carbocycles. The van der Waals surface area contributed by atoms with Gasteiger partial charge in [0.05, 0.1) is 11.6 Å². The van der Waals surface area contributed by atoms with Gasteiger partial charge in [0.2, 0.25) is 5.91 Å². The summed E-state index contributed by atoms with van der Waals surface area (Å²) < 4.78 is 0. The zero-order valence-corrected chi connectivity index (χ0v) is 17.3. The molecule has 2 aliphatic rings. The van der Waals surface area contributed by atoms with Gasteiger partial charge in [0.1, 0.15) is 10.8 Å². The van der Waals surface area contributed by atoms with Crippen LogP contribution in [0.3, 0.4) is 0 Å². The molecule has 0 bridgehead atoms. The van der Waals surface area contributed by atoms with Crippen molar-refractivity contribution in [2.75, 3.05) is 45.8 Å². The number of likely N-dealkylation sites (tertiary alicyclic amines) is 1. The van der Waals surface area contributed by atoms with E-state index in [1.165, 1.54) is 6.42 Å². The van der Waals surface area contributed by atoms with Crippen molar-refractivity contribution in [3.8, 4) is 0 Å². The van der Waals surface area contributed by atoms with E-state index in [9.17, 15) is 9.59 Å². The lowest BCUT2D eigenvalue weighted by atomic mass is 9.92. The molecule has 148 valence electrons. The Kier molecular flexibility index (Phi) is 6.61. The maximum Gasteiger partial charge on any atom is 0.274 e. The summed E-state index contributed by atoms with van der Waals surface area (Å²) in [6.45, 7) is 8.93. The van der Waals surface area contributed by atoms with E-state index in [0.29, 0.717) is 49.6 Å². The van der Waals surface area contributed by atoms with Crippen LogP contribution in [0.25, 0.3) is 0 Å². The second-order valence-electron chi connectivity index (χ2n) is 7.78. The minimum absolute atomic E-state index is 0.185. The summed E-state index contributed by atoms with van der Waals surface area (Å²) in [5.74, 6) is 1.09. The topological polar surface area (TPSA) is 56.8 Å². The minimum atomic E-state index is -0.216. The van der Waals surface area contributed by atoms with Gasteiger partial charge in [0, 0.05) is 39.3 Å². The van der Waals surface area contributed by atoms with Crippen LogP contribution in [0.1, 0.15) is 30.8 Å². The van der Waals surface area contributed by atoms with Crippen LogP contribution in [0.2, 0.25) is 10.2 Å². The third-order valence-corrected chi connectivity index (χ3v) is 5.77. The molecule has 2 unspecified atom stereocenters. The Labute approximate surface area is 170 Å². The number of piperidine rings is 1.